The highest BCUT2D eigenvalue weighted by molar-refractivity contribution is 6.61. The molecule has 1 aliphatic rings. The molecule has 0 bridgehead atoms. The normalized spacial score (nSPS) is 14.2. The molecule has 0 fully saturated rings. The Morgan fingerprint density at radius 1 is 1.39 bits per heavy atom. The van der Waals surface area contributed by atoms with Gasteiger partial charge in [-0.2, -0.15) is 0 Å². The van der Waals surface area contributed by atoms with Crippen LogP contribution in [0.2, 0.25) is 0 Å². The molecule has 0 unspecified atom stereocenters. The third-order valence-corrected chi connectivity index (χ3v) is 2.91. The molecule has 92 valence electrons. The molecule has 1 aromatic heterocycles. The van der Waals surface area contributed by atoms with E-state index in [0.717, 1.165) is 23.1 Å². The number of nitrogens with one attached hydrogen (secondary N) is 2. The molecule has 0 saturated heterocycles. The molecule has 0 radical (unpaired) electrons. The van der Waals surface area contributed by atoms with Crippen molar-refractivity contribution in [2.45, 2.75) is 6.42 Å². The predicted octanol–water partition coefficient (Wildman–Crippen LogP) is 0.681. The Morgan fingerprint density at radius 2 is 2.33 bits per heavy atom. The molecule has 0 aliphatic carbocycles. The molecular formula is C12H13BN2O3. The third-order valence-electron chi connectivity index (χ3n) is 2.91. The molecule has 0 saturated carbocycles. The Balaban J connectivity index is 1.75. The number of fused-ring (bicyclic) bond motifs is 1. The Bertz CT molecular complexity index is 530. The van der Waals surface area contributed by atoms with Crippen LogP contribution >= 0.6 is 0 Å². The number of hydrogen-bond donors (Lipinski definition) is 3. The molecule has 0 amide bonds. The van der Waals surface area contributed by atoms with Crippen LogP contribution in [0.25, 0.3) is 0 Å². The first-order valence-corrected chi connectivity index (χ1v) is 5.82. The lowest BCUT2D eigenvalue weighted by atomic mass is 9.73. The van der Waals surface area contributed by atoms with Crippen molar-refractivity contribution in [3.05, 3.63) is 42.1 Å². The number of H-pyrrole nitrogens is 1. The van der Waals surface area contributed by atoms with Gasteiger partial charge >= 0.3 is 7.12 Å². The van der Waals surface area contributed by atoms with E-state index in [1.807, 2.05) is 30.3 Å². The molecule has 3 rings (SSSR count). The fraction of sp³-hybridized carbons (Fsp3) is 0.167. The zero-order valence-electron chi connectivity index (χ0n) is 9.72. The number of rotatable bonds is 3. The van der Waals surface area contributed by atoms with Crippen molar-refractivity contribution in [3.8, 4) is 5.88 Å². The van der Waals surface area contributed by atoms with E-state index in [9.17, 15) is 5.02 Å². The fourth-order valence-electron chi connectivity index (χ4n) is 1.98. The Hall–Kier alpha value is -1.92. The first kappa shape index (κ1) is 11.2. The van der Waals surface area contributed by atoms with Crippen LogP contribution in [0.1, 0.15) is 5.56 Å². The van der Waals surface area contributed by atoms with E-state index < -0.39 is 7.12 Å². The summed E-state index contributed by atoms with van der Waals surface area (Å²) in [4.78, 5) is 8.25. The van der Waals surface area contributed by atoms with Crippen molar-refractivity contribution in [2.24, 2.45) is 0 Å². The predicted molar refractivity (Wildman–Crippen MR) is 68.7 cm³/mol. The van der Waals surface area contributed by atoms with E-state index in [1.54, 1.807) is 6.20 Å². The number of anilines is 1. The Morgan fingerprint density at radius 3 is 3.17 bits per heavy atom. The lowest BCUT2D eigenvalue weighted by Gasteiger charge is -2.19. The smallest absolute Gasteiger partial charge is 0.423 e. The quantitative estimate of drug-likeness (QED) is 0.548. The highest BCUT2D eigenvalue weighted by Crippen LogP contribution is 2.14. The largest absolute Gasteiger partial charge is 0.491 e. The van der Waals surface area contributed by atoms with E-state index in [4.69, 9.17) is 9.49 Å². The van der Waals surface area contributed by atoms with Gasteiger partial charge in [0.05, 0.1) is 5.69 Å². The molecular weight excluding hydrogens is 231 g/mol. The zero-order chi connectivity index (χ0) is 12.4. The van der Waals surface area contributed by atoms with Crippen LogP contribution in [-0.4, -0.2) is 23.7 Å². The van der Waals surface area contributed by atoms with Crippen LogP contribution in [0.4, 0.5) is 5.69 Å². The lowest BCUT2D eigenvalue weighted by Crippen LogP contribution is -2.41. The number of benzene rings is 1. The SMILES string of the molecule is OB1OCCc2ccc(NOc3ccc[nH]3)cc21. The van der Waals surface area contributed by atoms with Crippen LogP contribution < -0.4 is 15.8 Å². The van der Waals surface area contributed by atoms with Gasteiger partial charge in [0.15, 0.2) is 0 Å². The van der Waals surface area contributed by atoms with Crippen molar-refractivity contribution >= 4 is 18.3 Å². The van der Waals surface area contributed by atoms with Crippen molar-refractivity contribution in [1.29, 1.82) is 0 Å². The standard InChI is InChI=1S/C12H13BN2O3/c16-13-11-8-10(4-3-9(11)5-7-17-13)15-18-12-2-1-6-14-12/h1-4,6,8,14-16H,5,7H2. The van der Waals surface area contributed by atoms with Crippen LogP contribution in [-0.2, 0) is 11.1 Å². The summed E-state index contributed by atoms with van der Waals surface area (Å²) in [5, 5.41) is 9.74. The van der Waals surface area contributed by atoms with Crippen LogP contribution in [0.15, 0.2) is 36.5 Å². The molecule has 0 atom stereocenters. The lowest BCUT2D eigenvalue weighted by molar-refractivity contribution is 0.266. The summed E-state index contributed by atoms with van der Waals surface area (Å²) < 4.78 is 5.19. The van der Waals surface area contributed by atoms with Crippen molar-refractivity contribution in [2.75, 3.05) is 12.1 Å². The van der Waals surface area contributed by atoms with E-state index >= 15 is 0 Å². The maximum absolute atomic E-state index is 9.74. The van der Waals surface area contributed by atoms with Crippen LogP contribution in [0.5, 0.6) is 5.88 Å². The minimum atomic E-state index is -0.846. The molecule has 3 N–H and O–H groups in total. The second-order valence-corrected chi connectivity index (χ2v) is 4.13. The molecule has 5 nitrogen and oxygen atoms in total. The van der Waals surface area contributed by atoms with Gasteiger partial charge in [0.1, 0.15) is 0 Å². The summed E-state index contributed by atoms with van der Waals surface area (Å²) in [5.74, 6) is 0.629. The molecule has 1 aliphatic heterocycles. The molecule has 2 heterocycles. The molecule has 6 heteroatoms. The minimum absolute atomic E-state index is 0.555. The van der Waals surface area contributed by atoms with Gasteiger partial charge in [-0.25, -0.2) is 5.48 Å². The van der Waals surface area contributed by atoms with Gasteiger partial charge in [-0.3, -0.25) is 0 Å². The summed E-state index contributed by atoms with van der Waals surface area (Å²) >= 11 is 0. The highest BCUT2D eigenvalue weighted by Gasteiger charge is 2.24. The van der Waals surface area contributed by atoms with E-state index in [0.29, 0.717) is 12.5 Å². The first-order chi connectivity index (χ1) is 8.83. The van der Waals surface area contributed by atoms with Gasteiger partial charge in [0.25, 0.3) is 0 Å². The van der Waals surface area contributed by atoms with Crippen molar-refractivity contribution in [3.63, 3.8) is 0 Å². The van der Waals surface area contributed by atoms with Gasteiger partial charge in [-0.05, 0) is 35.6 Å². The monoisotopic (exact) mass is 244 g/mol. The van der Waals surface area contributed by atoms with E-state index in [1.165, 1.54) is 0 Å². The summed E-state index contributed by atoms with van der Waals surface area (Å²) in [6.07, 6.45) is 2.60. The maximum atomic E-state index is 9.74. The van der Waals surface area contributed by atoms with Gasteiger partial charge in [-0.1, -0.05) is 6.07 Å². The average molecular weight is 244 g/mol. The molecule has 2 aromatic rings. The number of aromatic amines is 1. The minimum Gasteiger partial charge on any atom is -0.423 e. The summed E-state index contributed by atoms with van der Waals surface area (Å²) in [5.41, 5.74) is 5.49. The van der Waals surface area contributed by atoms with Crippen molar-refractivity contribution < 1.29 is 14.5 Å². The van der Waals surface area contributed by atoms with E-state index in [2.05, 4.69) is 10.5 Å². The molecule has 18 heavy (non-hydrogen) atoms. The topological polar surface area (TPSA) is 66.5 Å². The summed E-state index contributed by atoms with van der Waals surface area (Å²) in [6, 6.07) is 9.38. The van der Waals surface area contributed by atoms with Gasteiger partial charge < -0.3 is 19.5 Å². The second kappa shape index (κ2) is 4.76. The molecule has 1 aromatic carbocycles. The maximum Gasteiger partial charge on any atom is 0.491 e. The number of aromatic nitrogens is 1. The fourth-order valence-corrected chi connectivity index (χ4v) is 1.98. The van der Waals surface area contributed by atoms with Gasteiger partial charge in [0.2, 0.25) is 5.88 Å². The Labute approximate surface area is 105 Å². The highest BCUT2D eigenvalue weighted by atomic mass is 16.7. The summed E-state index contributed by atoms with van der Waals surface area (Å²) in [7, 11) is -0.846. The average Bonchev–Trinajstić information content (AvgIpc) is 2.90. The summed E-state index contributed by atoms with van der Waals surface area (Å²) in [6.45, 7) is 0.555. The Kier molecular flexibility index (Phi) is 2.96. The zero-order valence-corrected chi connectivity index (χ0v) is 9.72. The van der Waals surface area contributed by atoms with E-state index in [-0.39, 0.29) is 0 Å². The molecule has 0 spiro atoms. The van der Waals surface area contributed by atoms with Gasteiger partial charge in [0, 0.05) is 18.9 Å². The van der Waals surface area contributed by atoms with Crippen LogP contribution in [0, 0.1) is 0 Å². The van der Waals surface area contributed by atoms with Crippen LogP contribution in [0.3, 0.4) is 0 Å². The number of hydrogen-bond acceptors (Lipinski definition) is 4. The second-order valence-electron chi connectivity index (χ2n) is 4.13. The van der Waals surface area contributed by atoms with Crippen molar-refractivity contribution in [1.82, 2.24) is 4.98 Å². The van der Waals surface area contributed by atoms with Gasteiger partial charge in [-0.15, -0.1) is 0 Å². The third kappa shape index (κ3) is 2.20. The first-order valence-electron chi connectivity index (χ1n) is 5.82.